The van der Waals surface area contributed by atoms with E-state index in [2.05, 4.69) is 12.0 Å². The van der Waals surface area contributed by atoms with E-state index in [1.165, 1.54) is 4.68 Å². The summed E-state index contributed by atoms with van der Waals surface area (Å²) in [5, 5.41) is 4.08. The van der Waals surface area contributed by atoms with Crippen LogP contribution >= 0.6 is 0 Å². The van der Waals surface area contributed by atoms with E-state index in [0.717, 1.165) is 19.3 Å². The largest absolute Gasteiger partial charge is 0.381 e. The van der Waals surface area contributed by atoms with Gasteiger partial charge in [-0.2, -0.15) is 5.10 Å². The second-order valence-electron chi connectivity index (χ2n) is 3.75. The molecule has 0 amide bonds. The molecule has 4 heteroatoms. The van der Waals surface area contributed by atoms with Crippen molar-refractivity contribution in [2.45, 2.75) is 39.0 Å². The molecule has 1 aromatic rings. The maximum atomic E-state index is 13.5. The van der Waals surface area contributed by atoms with Crippen molar-refractivity contribution < 1.29 is 4.39 Å². The highest BCUT2D eigenvalue weighted by Gasteiger charge is 2.18. The Kier molecular flexibility index (Phi) is 3.49. The monoisotopic (exact) mass is 199 g/mol. The Morgan fingerprint density at radius 1 is 1.57 bits per heavy atom. The van der Waals surface area contributed by atoms with Gasteiger partial charge < -0.3 is 5.73 Å². The molecule has 14 heavy (non-hydrogen) atoms. The zero-order valence-electron chi connectivity index (χ0n) is 9.05. The molecule has 1 unspecified atom stereocenters. The highest BCUT2D eigenvalue weighted by atomic mass is 19.1. The second kappa shape index (κ2) is 4.44. The summed E-state index contributed by atoms with van der Waals surface area (Å²) in [7, 11) is 1.66. The van der Waals surface area contributed by atoms with E-state index in [0.29, 0.717) is 5.69 Å². The van der Waals surface area contributed by atoms with Crippen molar-refractivity contribution in [3.8, 4) is 0 Å². The van der Waals surface area contributed by atoms with E-state index >= 15 is 0 Å². The smallest absolute Gasteiger partial charge is 0.188 e. The lowest BCUT2D eigenvalue weighted by Crippen LogP contribution is -1.98. The second-order valence-corrected chi connectivity index (χ2v) is 3.75. The van der Waals surface area contributed by atoms with Crippen molar-refractivity contribution in [1.82, 2.24) is 9.78 Å². The first-order chi connectivity index (χ1) is 6.57. The summed E-state index contributed by atoms with van der Waals surface area (Å²) in [4.78, 5) is 0. The number of hydrogen-bond donors (Lipinski definition) is 1. The van der Waals surface area contributed by atoms with Crippen molar-refractivity contribution in [2.24, 2.45) is 7.05 Å². The van der Waals surface area contributed by atoms with Crippen molar-refractivity contribution in [1.29, 1.82) is 0 Å². The fourth-order valence-corrected chi connectivity index (χ4v) is 1.49. The summed E-state index contributed by atoms with van der Waals surface area (Å²) >= 11 is 0. The van der Waals surface area contributed by atoms with Crippen LogP contribution in [0.1, 0.15) is 44.7 Å². The van der Waals surface area contributed by atoms with Crippen LogP contribution < -0.4 is 5.73 Å². The van der Waals surface area contributed by atoms with Crippen molar-refractivity contribution >= 4 is 5.82 Å². The lowest BCUT2D eigenvalue weighted by atomic mass is 10.0. The molecule has 0 aromatic carbocycles. The van der Waals surface area contributed by atoms with E-state index in [9.17, 15) is 4.39 Å². The Bertz CT molecular complexity index is 307. The SMILES string of the molecule is CCCCC(C)c1nn(C)c(N)c1F. The molecule has 1 aromatic heterocycles. The Morgan fingerprint density at radius 2 is 2.21 bits per heavy atom. The Morgan fingerprint density at radius 3 is 2.64 bits per heavy atom. The first-order valence-corrected chi connectivity index (χ1v) is 5.05. The molecule has 1 heterocycles. The third-order valence-corrected chi connectivity index (χ3v) is 2.51. The number of nitrogens with two attached hydrogens (primary N) is 1. The van der Waals surface area contributed by atoms with Gasteiger partial charge in [0.1, 0.15) is 5.69 Å². The zero-order chi connectivity index (χ0) is 10.7. The van der Waals surface area contributed by atoms with Gasteiger partial charge in [-0.25, -0.2) is 4.39 Å². The van der Waals surface area contributed by atoms with Gasteiger partial charge in [0.05, 0.1) is 0 Å². The number of nitrogens with zero attached hydrogens (tertiary/aromatic N) is 2. The van der Waals surface area contributed by atoms with Gasteiger partial charge >= 0.3 is 0 Å². The topological polar surface area (TPSA) is 43.8 Å². The molecule has 80 valence electrons. The summed E-state index contributed by atoms with van der Waals surface area (Å²) in [6.45, 7) is 4.11. The number of anilines is 1. The number of aryl methyl sites for hydroxylation is 1. The maximum absolute atomic E-state index is 13.5. The molecule has 0 bridgehead atoms. The average molecular weight is 199 g/mol. The average Bonchev–Trinajstić information content (AvgIpc) is 2.42. The third kappa shape index (κ3) is 2.05. The van der Waals surface area contributed by atoms with Gasteiger partial charge in [-0.3, -0.25) is 4.68 Å². The first kappa shape index (κ1) is 11.0. The maximum Gasteiger partial charge on any atom is 0.188 e. The van der Waals surface area contributed by atoms with E-state index in [4.69, 9.17) is 5.73 Å². The van der Waals surface area contributed by atoms with Crippen LogP contribution in [0.3, 0.4) is 0 Å². The van der Waals surface area contributed by atoms with Crippen LogP contribution in [0.15, 0.2) is 0 Å². The van der Waals surface area contributed by atoms with Crippen LogP contribution in [0.4, 0.5) is 10.2 Å². The number of nitrogen functional groups attached to an aromatic ring is 1. The first-order valence-electron chi connectivity index (χ1n) is 5.05. The minimum absolute atomic E-state index is 0.128. The van der Waals surface area contributed by atoms with E-state index in [1.807, 2.05) is 6.92 Å². The molecule has 1 atom stereocenters. The predicted octanol–water partition coefficient (Wildman–Crippen LogP) is 2.44. The van der Waals surface area contributed by atoms with Gasteiger partial charge in [-0.15, -0.1) is 0 Å². The lowest BCUT2D eigenvalue weighted by Gasteiger charge is -2.06. The highest BCUT2D eigenvalue weighted by Crippen LogP contribution is 2.25. The minimum atomic E-state index is -0.351. The molecule has 2 N–H and O–H groups in total. The predicted molar refractivity (Wildman–Crippen MR) is 55.5 cm³/mol. The van der Waals surface area contributed by atoms with Gasteiger partial charge in [0, 0.05) is 13.0 Å². The van der Waals surface area contributed by atoms with Crippen molar-refractivity contribution in [3.63, 3.8) is 0 Å². The number of rotatable bonds is 4. The number of unbranched alkanes of at least 4 members (excludes halogenated alkanes) is 1. The molecule has 0 saturated heterocycles. The van der Waals surface area contributed by atoms with Gasteiger partial charge in [-0.05, 0) is 6.42 Å². The molecule has 0 aliphatic rings. The Labute approximate surface area is 84.1 Å². The van der Waals surface area contributed by atoms with E-state index in [1.54, 1.807) is 7.05 Å². The molecule has 3 nitrogen and oxygen atoms in total. The molecule has 0 saturated carbocycles. The van der Waals surface area contributed by atoms with Gasteiger partial charge in [0.2, 0.25) is 0 Å². The fourth-order valence-electron chi connectivity index (χ4n) is 1.49. The Hall–Kier alpha value is -1.06. The van der Waals surface area contributed by atoms with Crippen LogP contribution in [-0.2, 0) is 7.05 Å². The molecular weight excluding hydrogens is 181 g/mol. The minimum Gasteiger partial charge on any atom is -0.381 e. The van der Waals surface area contributed by atoms with Crippen LogP contribution in [-0.4, -0.2) is 9.78 Å². The fraction of sp³-hybridized carbons (Fsp3) is 0.700. The molecule has 0 spiro atoms. The quantitative estimate of drug-likeness (QED) is 0.809. The summed E-state index contributed by atoms with van der Waals surface area (Å²) in [5.41, 5.74) is 5.99. The van der Waals surface area contributed by atoms with Crippen LogP contribution in [0, 0.1) is 5.82 Å². The van der Waals surface area contributed by atoms with Gasteiger partial charge in [-0.1, -0.05) is 26.7 Å². The molecule has 0 aliphatic heterocycles. The van der Waals surface area contributed by atoms with E-state index in [-0.39, 0.29) is 17.6 Å². The summed E-state index contributed by atoms with van der Waals surface area (Å²) in [6, 6.07) is 0. The van der Waals surface area contributed by atoms with Crippen LogP contribution in [0.5, 0.6) is 0 Å². The highest BCUT2D eigenvalue weighted by molar-refractivity contribution is 5.34. The number of aromatic nitrogens is 2. The van der Waals surface area contributed by atoms with Crippen LogP contribution in [0.25, 0.3) is 0 Å². The molecule has 0 aliphatic carbocycles. The number of hydrogen-bond acceptors (Lipinski definition) is 2. The van der Waals surface area contributed by atoms with Gasteiger partial charge in [0.15, 0.2) is 11.6 Å². The summed E-state index contributed by atoms with van der Waals surface area (Å²) < 4.78 is 14.9. The molecule has 0 radical (unpaired) electrons. The third-order valence-electron chi connectivity index (χ3n) is 2.51. The molecule has 0 fully saturated rings. The number of halogens is 1. The standard InChI is InChI=1S/C10H18FN3/c1-4-5-6-7(2)9-8(11)10(12)14(3)13-9/h7H,4-6,12H2,1-3H3. The summed E-state index contributed by atoms with van der Waals surface area (Å²) in [6.07, 6.45) is 3.18. The van der Waals surface area contributed by atoms with Crippen LogP contribution in [0.2, 0.25) is 0 Å². The zero-order valence-corrected chi connectivity index (χ0v) is 9.05. The van der Waals surface area contributed by atoms with Crippen molar-refractivity contribution in [3.05, 3.63) is 11.5 Å². The molecular formula is C10H18FN3. The molecule has 1 rings (SSSR count). The lowest BCUT2D eigenvalue weighted by molar-refractivity contribution is 0.553. The Balaban J connectivity index is 2.79. The van der Waals surface area contributed by atoms with Gasteiger partial charge in [0.25, 0.3) is 0 Å². The van der Waals surface area contributed by atoms with E-state index < -0.39 is 0 Å². The normalized spacial score (nSPS) is 13.1. The summed E-state index contributed by atoms with van der Waals surface area (Å²) in [5.74, 6) is -0.0714. The van der Waals surface area contributed by atoms with Crippen molar-refractivity contribution in [2.75, 3.05) is 5.73 Å².